The van der Waals surface area contributed by atoms with Gasteiger partial charge in [0.05, 0.1) is 10.6 Å². The van der Waals surface area contributed by atoms with E-state index in [9.17, 15) is 13.2 Å². The summed E-state index contributed by atoms with van der Waals surface area (Å²) in [5, 5.41) is 2.58. The third kappa shape index (κ3) is 5.32. The smallest absolute Gasteiger partial charge is 0.262 e. The summed E-state index contributed by atoms with van der Waals surface area (Å²) in [6, 6.07) is 13.9. The van der Waals surface area contributed by atoms with Gasteiger partial charge in [-0.25, -0.2) is 8.42 Å². The maximum atomic E-state index is 12.1. The Morgan fingerprint density at radius 2 is 1.76 bits per heavy atom. The Morgan fingerprint density at radius 1 is 1.12 bits per heavy atom. The molecule has 5 nitrogen and oxygen atoms in total. The molecule has 1 atom stereocenters. The van der Waals surface area contributed by atoms with Gasteiger partial charge in [0, 0.05) is 6.26 Å². The largest absolute Gasteiger partial charge is 0.484 e. The Bertz CT molecular complexity index is 829. The molecule has 0 fully saturated rings. The fourth-order valence-electron chi connectivity index (χ4n) is 2.36. The van der Waals surface area contributed by atoms with Crippen molar-refractivity contribution in [3.8, 4) is 5.75 Å². The summed E-state index contributed by atoms with van der Waals surface area (Å²) < 4.78 is 29.0. The monoisotopic (exact) mass is 361 g/mol. The highest BCUT2D eigenvalue weighted by atomic mass is 32.2. The van der Waals surface area contributed by atoms with E-state index in [2.05, 4.69) is 19.2 Å². The number of ether oxygens (including phenoxy) is 1. The topological polar surface area (TPSA) is 72.5 Å². The molecule has 0 aliphatic rings. The molecule has 0 bridgehead atoms. The zero-order valence-corrected chi connectivity index (χ0v) is 15.5. The number of anilines is 1. The predicted octanol–water partition coefficient (Wildman–Crippen LogP) is 3.62. The summed E-state index contributed by atoms with van der Waals surface area (Å²) in [4.78, 5) is 12.1. The zero-order valence-electron chi connectivity index (χ0n) is 14.7. The number of benzene rings is 2. The third-order valence-corrected chi connectivity index (χ3v) is 5.15. The normalized spacial score (nSPS) is 12.4. The number of para-hydroxylation sites is 1. The van der Waals surface area contributed by atoms with Crippen LogP contribution in [0.5, 0.6) is 5.75 Å². The van der Waals surface area contributed by atoms with E-state index in [4.69, 9.17) is 4.74 Å². The number of nitrogens with one attached hydrogen (secondary N) is 1. The molecule has 1 N–H and O–H groups in total. The van der Waals surface area contributed by atoms with E-state index >= 15 is 0 Å². The van der Waals surface area contributed by atoms with Gasteiger partial charge in [-0.1, -0.05) is 38.1 Å². The first-order valence-electron chi connectivity index (χ1n) is 8.13. The Balaban J connectivity index is 1.98. The van der Waals surface area contributed by atoms with Crippen LogP contribution < -0.4 is 10.1 Å². The van der Waals surface area contributed by atoms with E-state index in [1.165, 1.54) is 11.6 Å². The SMILES string of the molecule is CC[C@@H](C)c1ccc(OCC(=O)Nc2ccccc2S(C)(=O)=O)cc1. The second kappa shape index (κ2) is 8.16. The Morgan fingerprint density at radius 3 is 2.36 bits per heavy atom. The van der Waals surface area contributed by atoms with Crippen LogP contribution in [-0.2, 0) is 14.6 Å². The Labute approximate surface area is 148 Å². The zero-order chi connectivity index (χ0) is 18.4. The third-order valence-electron chi connectivity index (χ3n) is 3.99. The molecular weight excluding hydrogens is 338 g/mol. The van der Waals surface area contributed by atoms with Crippen LogP contribution in [0.25, 0.3) is 0 Å². The van der Waals surface area contributed by atoms with Crippen LogP contribution in [0.4, 0.5) is 5.69 Å². The molecule has 134 valence electrons. The van der Waals surface area contributed by atoms with E-state index in [-0.39, 0.29) is 17.2 Å². The van der Waals surface area contributed by atoms with Gasteiger partial charge in [0.25, 0.3) is 5.91 Å². The lowest BCUT2D eigenvalue weighted by molar-refractivity contribution is -0.118. The van der Waals surface area contributed by atoms with E-state index in [1.807, 2.05) is 24.3 Å². The van der Waals surface area contributed by atoms with Crippen molar-refractivity contribution < 1.29 is 17.9 Å². The summed E-state index contributed by atoms with van der Waals surface area (Å²) in [6.07, 6.45) is 2.16. The highest BCUT2D eigenvalue weighted by Crippen LogP contribution is 2.22. The van der Waals surface area contributed by atoms with Gasteiger partial charge in [-0.3, -0.25) is 4.79 Å². The Hall–Kier alpha value is -2.34. The van der Waals surface area contributed by atoms with E-state index in [0.29, 0.717) is 11.7 Å². The fourth-order valence-corrected chi connectivity index (χ4v) is 3.20. The first kappa shape index (κ1) is 19.0. The van der Waals surface area contributed by atoms with Crippen LogP contribution in [0.15, 0.2) is 53.4 Å². The molecule has 25 heavy (non-hydrogen) atoms. The highest BCUT2D eigenvalue weighted by Gasteiger charge is 2.14. The molecular formula is C19H23NO4S. The van der Waals surface area contributed by atoms with Crippen molar-refractivity contribution >= 4 is 21.4 Å². The van der Waals surface area contributed by atoms with Crippen LogP contribution in [-0.4, -0.2) is 27.2 Å². The van der Waals surface area contributed by atoms with Gasteiger partial charge in [-0.2, -0.15) is 0 Å². The van der Waals surface area contributed by atoms with Crippen molar-refractivity contribution in [1.82, 2.24) is 0 Å². The molecule has 0 saturated heterocycles. The standard InChI is InChI=1S/C19H23NO4S/c1-4-14(2)15-9-11-16(12-10-15)24-13-19(21)20-17-7-5-6-8-18(17)25(3,22)23/h5-12,14H,4,13H2,1-3H3,(H,20,21)/t14-/m1/s1. The quantitative estimate of drug-likeness (QED) is 0.817. The number of amides is 1. The van der Waals surface area contributed by atoms with Crippen molar-refractivity contribution in [3.63, 3.8) is 0 Å². The second-order valence-electron chi connectivity index (χ2n) is 5.98. The van der Waals surface area contributed by atoms with Crippen LogP contribution in [0.2, 0.25) is 0 Å². The van der Waals surface area contributed by atoms with Gasteiger partial charge in [0.2, 0.25) is 0 Å². The number of hydrogen-bond donors (Lipinski definition) is 1. The summed E-state index contributed by atoms with van der Waals surface area (Å²) in [5.41, 5.74) is 1.48. The molecule has 1 amide bonds. The predicted molar refractivity (Wildman–Crippen MR) is 98.8 cm³/mol. The molecule has 0 aromatic heterocycles. The lowest BCUT2D eigenvalue weighted by atomic mass is 9.99. The number of rotatable bonds is 7. The average Bonchev–Trinajstić information content (AvgIpc) is 2.59. The minimum atomic E-state index is -3.42. The van der Waals surface area contributed by atoms with Gasteiger partial charge < -0.3 is 10.1 Å². The number of carbonyl (C=O) groups is 1. The maximum absolute atomic E-state index is 12.1. The first-order chi connectivity index (χ1) is 11.8. The fraction of sp³-hybridized carbons (Fsp3) is 0.316. The van der Waals surface area contributed by atoms with Gasteiger partial charge in [-0.05, 0) is 42.2 Å². The lowest BCUT2D eigenvalue weighted by Gasteiger charge is -2.12. The average molecular weight is 361 g/mol. The number of hydrogen-bond acceptors (Lipinski definition) is 4. The molecule has 0 heterocycles. The molecule has 0 aliphatic carbocycles. The molecule has 0 aliphatic heterocycles. The van der Waals surface area contributed by atoms with Gasteiger partial charge in [0.15, 0.2) is 16.4 Å². The summed E-state index contributed by atoms with van der Waals surface area (Å²) in [5.74, 6) is 0.658. The molecule has 2 aromatic carbocycles. The molecule has 0 saturated carbocycles. The second-order valence-corrected chi connectivity index (χ2v) is 7.97. The molecule has 2 aromatic rings. The van der Waals surface area contributed by atoms with Gasteiger partial charge in [0.1, 0.15) is 5.75 Å². The van der Waals surface area contributed by atoms with Gasteiger partial charge >= 0.3 is 0 Å². The summed E-state index contributed by atoms with van der Waals surface area (Å²) in [6.45, 7) is 4.09. The van der Waals surface area contributed by atoms with Crippen LogP contribution in [0.1, 0.15) is 31.7 Å². The lowest BCUT2D eigenvalue weighted by Crippen LogP contribution is -2.21. The van der Waals surface area contributed by atoms with Gasteiger partial charge in [-0.15, -0.1) is 0 Å². The van der Waals surface area contributed by atoms with E-state index < -0.39 is 15.7 Å². The van der Waals surface area contributed by atoms with Crippen LogP contribution >= 0.6 is 0 Å². The summed E-state index contributed by atoms with van der Waals surface area (Å²) >= 11 is 0. The van der Waals surface area contributed by atoms with E-state index in [1.54, 1.807) is 18.2 Å². The molecule has 6 heteroatoms. The Kier molecular flexibility index (Phi) is 6.20. The van der Waals surface area contributed by atoms with Crippen LogP contribution in [0, 0.1) is 0 Å². The minimum absolute atomic E-state index is 0.0845. The van der Waals surface area contributed by atoms with Crippen molar-refractivity contribution in [3.05, 3.63) is 54.1 Å². The van der Waals surface area contributed by atoms with Crippen LogP contribution in [0.3, 0.4) is 0 Å². The summed E-state index contributed by atoms with van der Waals surface area (Å²) in [7, 11) is -3.42. The van der Waals surface area contributed by atoms with Crippen molar-refractivity contribution in [2.75, 3.05) is 18.2 Å². The van der Waals surface area contributed by atoms with Crippen molar-refractivity contribution in [2.45, 2.75) is 31.1 Å². The van der Waals surface area contributed by atoms with E-state index in [0.717, 1.165) is 12.7 Å². The van der Waals surface area contributed by atoms with Crippen molar-refractivity contribution in [2.24, 2.45) is 0 Å². The maximum Gasteiger partial charge on any atom is 0.262 e. The first-order valence-corrected chi connectivity index (χ1v) is 10.0. The van der Waals surface area contributed by atoms with Crippen molar-refractivity contribution in [1.29, 1.82) is 0 Å². The highest BCUT2D eigenvalue weighted by molar-refractivity contribution is 7.90. The molecule has 2 rings (SSSR count). The minimum Gasteiger partial charge on any atom is -0.484 e. The molecule has 0 unspecified atom stereocenters. The number of carbonyl (C=O) groups excluding carboxylic acids is 1. The molecule has 0 radical (unpaired) electrons. The molecule has 0 spiro atoms. The number of sulfone groups is 1.